The van der Waals surface area contributed by atoms with E-state index in [1.807, 2.05) is 30.3 Å². The van der Waals surface area contributed by atoms with Crippen LogP contribution >= 0.6 is 22.9 Å². The number of halogens is 1. The van der Waals surface area contributed by atoms with Gasteiger partial charge in [-0.25, -0.2) is 4.98 Å². The molecule has 0 aliphatic carbocycles. The number of methoxy groups -OCH3 is 1. The van der Waals surface area contributed by atoms with Gasteiger partial charge in [-0.05, 0) is 35.4 Å². The zero-order valence-electron chi connectivity index (χ0n) is 17.3. The van der Waals surface area contributed by atoms with E-state index in [2.05, 4.69) is 4.98 Å². The fourth-order valence-electron chi connectivity index (χ4n) is 3.75. The number of aromatic nitrogens is 1. The Morgan fingerprint density at radius 1 is 1.06 bits per heavy atom. The Morgan fingerprint density at radius 3 is 2.62 bits per heavy atom. The Hall–Kier alpha value is -2.04. The smallest absolute Gasteiger partial charge is 0.213 e. The monoisotopic (exact) mass is 477 g/mol. The van der Waals surface area contributed by atoms with Crippen LogP contribution in [0.5, 0.6) is 5.88 Å². The van der Waals surface area contributed by atoms with Crippen LogP contribution in [0, 0.1) is 0 Å². The van der Waals surface area contributed by atoms with Crippen molar-refractivity contribution in [3.8, 4) is 16.5 Å². The molecule has 0 amide bonds. The van der Waals surface area contributed by atoms with Gasteiger partial charge in [0.2, 0.25) is 5.88 Å². The molecule has 4 rings (SSSR count). The van der Waals surface area contributed by atoms with E-state index in [9.17, 15) is 20.4 Å². The molecular formula is C23H24ClNO6S. The van der Waals surface area contributed by atoms with Crippen molar-refractivity contribution in [1.82, 2.24) is 4.98 Å². The molecule has 3 heterocycles. The highest BCUT2D eigenvalue weighted by Gasteiger charge is 2.44. The minimum absolute atomic E-state index is 0.474. The van der Waals surface area contributed by atoms with E-state index < -0.39 is 37.1 Å². The molecule has 0 bridgehead atoms. The van der Waals surface area contributed by atoms with Crippen LogP contribution in [-0.2, 0) is 11.2 Å². The molecule has 3 aromatic rings. The number of thiophene rings is 1. The van der Waals surface area contributed by atoms with Crippen LogP contribution in [0.4, 0.5) is 0 Å². The van der Waals surface area contributed by atoms with Crippen LogP contribution in [0.25, 0.3) is 10.6 Å². The van der Waals surface area contributed by atoms with Crippen LogP contribution in [0.1, 0.15) is 22.1 Å². The maximum absolute atomic E-state index is 10.4. The standard InChI is InChI=1S/C23H24ClNO6S/c1-30-19-4-2-3-16(25-19)18-8-6-14(32-18)10-13-9-12(5-7-15(13)24)23-22(29)21(28)20(27)17(11-26)31-23/h2-9,17,20-23,26-29H,10-11H2,1H3/t17-,20-,21+,22-,23+/m1/s1. The summed E-state index contributed by atoms with van der Waals surface area (Å²) in [5.74, 6) is 0.549. The van der Waals surface area contributed by atoms with Crippen molar-refractivity contribution in [2.24, 2.45) is 0 Å². The van der Waals surface area contributed by atoms with Crippen molar-refractivity contribution in [2.75, 3.05) is 13.7 Å². The Labute approximate surface area is 194 Å². The van der Waals surface area contributed by atoms with Gasteiger partial charge in [0.25, 0.3) is 0 Å². The third-order valence-corrected chi connectivity index (χ3v) is 6.98. The molecule has 0 spiro atoms. The van der Waals surface area contributed by atoms with E-state index in [1.165, 1.54) is 0 Å². The molecule has 1 fully saturated rings. The number of benzene rings is 1. The van der Waals surface area contributed by atoms with Gasteiger partial charge in [-0.1, -0.05) is 29.8 Å². The van der Waals surface area contributed by atoms with Crippen LogP contribution in [0.15, 0.2) is 48.5 Å². The summed E-state index contributed by atoms with van der Waals surface area (Å²) in [6.07, 6.45) is -5.48. The predicted molar refractivity (Wildman–Crippen MR) is 121 cm³/mol. The van der Waals surface area contributed by atoms with Crippen LogP contribution in [0.3, 0.4) is 0 Å². The lowest BCUT2D eigenvalue weighted by molar-refractivity contribution is -0.231. The first-order valence-electron chi connectivity index (χ1n) is 10.1. The SMILES string of the molecule is COc1cccc(-c2ccc(Cc3cc([C@@H]4O[C@H](CO)[C@@H](O)[C@H](O)[C@H]4O)ccc3Cl)s2)n1. The molecule has 2 aromatic heterocycles. The molecule has 5 atom stereocenters. The quantitative estimate of drug-likeness (QED) is 0.431. The fraction of sp³-hybridized carbons (Fsp3) is 0.348. The Balaban J connectivity index is 1.57. The average Bonchev–Trinajstić information content (AvgIpc) is 3.28. The third kappa shape index (κ3) is 4.67. The summed E-state index contributed by atoms with van der Waals surface area (Å²) in [4.78, 5) is 6.53. The molecule has 32 heavy (non-hydrogen) atoms. The summed E-state index contributed by atoms with van der Waals surface area (Å²) in [5.41, 5.74) is 2.25. The lowest BCUT2D eigenvalue weighted by Crippen LogP contribution is -2.55. The topological polar surface area (TPSA) is 112 Å². The fourth-order valence-corrected chi connectivity index (χ4v) is 4.93. The Morgan fingerprint density at radius 2 is 1.88 bits per heavy atom. The molecule has 170 valence electrons. The average molecular weight is 478 g/mol. The first kappa shape index (κ1) is 23.1. The van der Waals surface area contributed by atoms with Gasteiger partial charge in [0.15, 0.2) is 0 Å². The van der Waals surface area contributed by atoms with Gasteiger partial charge in [-0.3, -0.25) is 0 Å². The second kappa shape index (κ2) is 9.84. The highest BCUT2D eigenvalue weighted by molar-refractivity contribution is 7.15. The number of hydrogen-bond donors (Lipinski definition) is 4. The second-order valence-electron chi connectivity index (χ2n) is 7.61. The van der Waals surface area contributed by atoms with Gasteiger partial charge < -0.3 is 29.9 Å². The Bertz CT molecular complexity index is 1070. The van der Waals surface area contributed by atoms with Gasteiger partial charge in [0, 0.05) is 22.4 Å². The van der Waals surface area contributed by atoms with Crippen molar-refractivity contribution in [3.63, 3.8) is 0 Å². The number of ether oxygens (including phenoxy) is 2. The highest BCUT2D eigenvalue weighted by atomic mass is 35.5. The summed E-state index contributed by atoms with van der Waals surface area (Å²) < 4.78 is 10.9. The van der Waals surface area contributed by atoms with Crippen molar-refractivity contribution in [1.29, 1.82) is 0 Å². The number of nitrogens with zero attached hydrogens (tertiary/aromatic N) is 1. The minimum atomic E-state index is -1.43. The van der Waals surface area contributed by atoms with E-state index in [1.54, 1.807) is 36.6 Å². The van der Waals surface area contributed by atoms with Gasteiger partial charge in [0.1, 0.15) is 30.5 Å². The lowest BCUT2D eigenvalue weighted by Gasteiger charge is -2.40. The first-order chi connectivity index (χ1) is 15.4. The third-order valence-electron chi connectivity index (χ3n) is 5.50. The molecule has 1 aliphatic rings. The molecule has 0 radical (unpaired) electrons. The lowest BCUT2D eigenvalue weighted by atomic mass is 9.90. The Kier molecular flexibility index (Phi) is 7.11. The summed E-state index contributed by atoms with van der Waals surface area (Å²) in [6.45, 7) is -0.474. The molecule has 9 heteroatoms. The summed E-state index contributed by atoms with van der Waals surface area (Å²) in [6, 6.07) is 14.9. The van der Waals surface area contributed by atoms with E-state index >= 15 is 0 Å². The minimum Gasteiger partial charge on any atom is -0.481 e. The molecule has 0 unspecified atom stereocenters. The molecule has 1 aliphatic heterocycles. The number of pyridine rings is 1. The van der Waals surface area contributed by atoms with Gasteiger partial charge in [-0.2, -0.15) is 0 Å². The van der Waals surface area contributed by atoms with Crippen molar-refractivity contribution >= 4 is 22.9 Å². The second-order valence-corrected chi connectivity index (χ2v) is 9.18. The number of aliphatic hydroxyl groups is 4. The van der Waals surface area contributed by atoms with E-state index in [4.69, 9.17) is 21.1 Å². The van der Waals surface area contributed by atoms with Crippen molar-refractivity contribution < 1.29 is 29.9 Å². The zero-order valence-corrected chi connectivity index (χ0v) is 18.8. The largest absolute Gasteiger partial charge is 0.481 e. The zero-order chi connectivity index (χ0) is 22.8. The van der Waals surface area contributed by atoms with E-state index in [0.717, 1.165) is 21.0 Å². The molecule has 1 aromatic carbocycles. The summed E-state index contributed by atoms with van der Waals surface area (Å²) >= 11 is 8.03. The molecule has 1 saturated heterocycles. The normalized spacial score (nSPS) is 25.6. The summed E-state index contributed by atoms with van der Waals surface area (Å²) in [5, 5.41) is 40.6. The summed E-state index contributed by atoms with van der Waals surface area (Å²) in [7, 11) is 1.58. The van der Waals surface area contributed by atoms with Crippen molar-refractivity contribution in [2.45, 2.75) is 36.9 Å². The van der Waals surface area contributed by atoms with Crippen molar-refractivity contribution in [3.05, 3.63) is 69.6 Å². The first-order valence-corrected chi connectivity index (χ1v) is 11.3. The number of rotatable bonds is 6. The highest BCUT2D eigenvalue weighted by Crippen LogP contribution is 2.35. The number of hydrogen-bond acceptors (Lipinski definition) is 8. The van der Waals surface area contributed by atoms with E-state index in [0.29, 0.717) is 22.9 Å². The number of aliphatic hydroxyl groups excluding tert-OH is 4. The molecule has 0 saturated carbocycles. The van der Waals surface area contributed by atoms with Gasteiger partial charge >= 0.3 is 0 Å². The molecule has 4 N–H and O–H groups in total. The van der Waals surface area contributed by atoms with Gasteiger partial charge in [0.05, 0.1) is 24.3 Å². The predicted octanol–water partition coefficient (Wildman–Crippen LogP) is 2.58. The maximum atomic E-state index is 10.4. The van der Waals surface area contributed by atoms with Gasteiger partial charge in [-0.15, -0.1) is 11.3 Å². The molecule has 7 nitrogen and oxygen atoms in total. The van der Waals surface area contributed by atoms with Crippen LogP contribution < -0.4 is 4.74 Å². The van der Waals surface area contributed by atoms with Crippen LogP contribution in [0.2, 0.25) is 5.02 Å². The molecular weight excluding hydrogens is 454 g/mol. The van der Waals surface area contributed by atoms with Crippen LogP contribution in [-0.4, -0.2) is 63.5 Å². The maximum Gasteiger partial charge on any atom is 0.213 e. The van der Waals surface area contributed by atoms with E-state index in [-0.39, 0.29) is 0 Å².